The van der Waals surface area contributed by atoms with Gasteiger partial charge in [0.15, 0.2) is 11.5 Å². The van der Waals surface area contributed by atoms with E-state index in [0.717, 1.165) is 56.8 Å². The number of piperidine rings is 1. The number of halogens is 1. The van der Waals surface area contributed by atoms with Crippen molar-refractivity contribution < 1.29 is 14.3 Å². The predicted octanol–water partition coefficient (Wildman–Crippen LogP) is 2.40. The Morgan fingerprint density at radius 2 is 1.80 bits per heavy atom. The van der Waals surface area contributed by atoms with Gasteiger partial charge in [-0.05, 0) is 67.4 Å². The zero-order chi connectivity index (χ0) is 16.7. The Morgan fingerprint density at radius 3 is 2.44 bits per heavy atom. The number of nitrogens with one attached hydrogen (secondary N) is 1. The molecule has 1 saturated carbocycles. The van der Waals surface area contributed by atoms with Crippen molar-refractivity contribution in [3.63, 3.8) is 0 Å². The van der Waals surface area contributed by atoms with Gasteiger partial charge in [0.2, 0.25) is 5.91 Å². The Kier molecular flexibility index (Phi) is 5.16. The van der Waals surface area contributed by atoms with Crippen LogP contribution in [-0.4, -0.2) is 44.7 Å². The van der Waals surface area contributed by atoms with Gasteiger partial charge in [0.1, 0.15) is 0 Å². The van der Waals surface area contributed by atoms with E-state index in [1.54, 1.807) is 14.2 Å². The SMILES string of the molecule is COc1cc2c(cc1OC)CN(C(=O)C1CC13CCNCC3)CC2.Cl. The molecule has 0 radical (unpaired) electrons. The highest BCUT2D eigenvalue weighted by atomic mass is 35.5. The van der Waals surface area contributed by atoms with Crippen molar-refractivity contribution in [3.05, 3.63) is 23.3 Å². The third-order valence-electron chi connectivity index (χ3n) is 6.12. The maximum Gasteiger partial charge on any atom is 0.226 e. The smallest absolute Gasteiger partial charge is 0.226 e. The van der Waals surface area contributed by atoms with Crippen LogP contribution in [0.3, 0.4) is 0 Å². The summed E-state index contributed by atoms with van der Waals surface area (Å²) in [6.07, 6.45) is 4.28. The summed E-state index contributed by atoms with van der Waals surface area (Å²) in [6.45, 7) is 3.62. The van der Waals surface area contributed by atoms with Gasteiger partial charge in [0.05, 0.1) is 14.2 Å². The molecule has 1 spiro atoms. The fourth-order valence-corrected chi connectivity index (χ4v) is 4.47. The Morgan fingerprint density at radius 1 is 1.16 bits per heavy atom. The number of hydrogen-bond donors (Lipinski definition) is 1. The molecule has 3 aliphatic rings. The number of hydrogen-bond acceptors (Lipinski definition) is 4. The molecule has 1 saturated heterocycles. The van der Waals surface area contributed by atoms with E-state index in [2.05, 4.69) is 16.3 Å². The first-order valence-electron chi connectivity index (χ1n) is 8.90. The first kappa shape index (κ1) is 18.3. The van der Waals surface area contributed by atoms with Gasteiger partial charge >= 0.3 is 0 Å². The van der Waals surface area contributed by atoms with Crippen LogP contribution < -0.4 is 14.8 Å². The van der Waals surface area contributed by atoms with Gasteiger partial charge in [-0.3, -0.25) is 4.79 Å². The van der Waals surface area contributed by atoms with Crippen LogP contribution in [0.15, 0.2) is 12.1 Å². The monoisotopic (exact) mass is 366 g/mol. The molecular formula is C19H27ClN2O3. The number of methoxy groups -OCH3 is 2. The normalized spacial score (nSPS) is 23.4. The summed E-state index contributed by atoms with van der Waals surface area (Å²) < 4.78 is 10.8. The lowest BCUT2D eigenvalue weighted by atomic mass is 9.91. The van der Waals surface area contributed by atoms with Gasteiger partial charge in [-0.15, -0.1) is 12.4 Å². The number of fused-ring (bicyclic) bond motifs is 1. The number of rotatable bonds is 3. The van der Waals surface area contributed by atoms with E-state index in [1.807, 2.05) is 6.07 Å². The van der Waals surface area contributed by atoms with Crippen LogP contribution in [0.4, 0.5) is 0 Å². The Bertz CT molecular complexity index is 658. The molecule has 25 heavy (non-hydrogen) atoms. The van der Waals surface area contributed by atoms with Gasteiger partial charge in [0, 0.05) is 19.0 Å². The van der Waals surface area contributed by atoms with Crippen LogP contribution in [0.25, 0.3) is 0 Å². The highest BCUT2D eigenvalue weighted by Gasteiger charge is 2.58. The largest absolute Gasteiger partial charge is 0.493 e. The average Bonchev–Trinajstić information content (AvgIpc) is 3.32. The molecule has 0 bridgehead atoms. The second-order valence-electron chi connectivity index (χ2n) is 7.35. The average molecular weight is 367 g/mol. The molecule has 1 N–H and O–H groups in total. The van der Waals surface area contributed by atoms with Crippen molar-refractivity contribution in [1.82, 2.24) is 10.2 Å². The molecule has 1 aliphatic carbocycles. The lowest BCUT2D eigenvalue weighted by Crippen LogP contribution is -2.39. The molecule has 1 amide bonds. The molecule has 1 unspecified atom stereocenters. The van der Waals surface area contributed by atoms with Crippen molar-refractivity contribution in [2.75, 3.05) is 33.9 Å². The summed E-state index contributed by atoms with van der Waals surface area (Å²) in [5.74, 6) is 2.12. The molecule has 2 heterocycles. The summed E-state index contributed by atoms with van der Waals surface area (Å²) in [5.41, 5.74) is 2.76. The molecule has 2 aliphatic heterocycles. The van der Waals surface area contributed by atoms with E-state index in [-0.39, 0.29) is 18.3 Å². The molecule has 0 aromatic heterocycles. The summed E-state index contributed by atoms with van der Waals surface area (Å²) in [5, 5.41) is 3.41. The lowest BCUT2D eigenvalue weighted by Gasteiger charge is -2.31. The minimum Gasteiger partial charge on any atom is -0.493 e. The number of carbonyl (C=O) groups excluding carboxylic acids is 1. The molecule has 2 fully saturated rings. The lowest BCUT2D eigenvalue weighted by molar-refractivity contribution is -0.134. The Balaban J connectivity index is 0.00000182. The molecule has 4 rings (SSSR count). The fourth-order valence-electron chi connectivity index (χ4n) is 4.47. The zero-order valence-corrected chi connectivity index (χ0v) is 15.8. The minimum atomic E-state index is 0. The Hall–Kier alpha value is -1.46. The van der Waals surface area contributed by atoms with Crippen LogP contribution in [0.1, 0.15) is 30.4 Å². The van der Waals surface area contributed by atoms with Crippen LogP contribution in [0.5, 0.6) is 11.5 Å². The summed E-state index contributed by atoms with van der Waals surface area (Å²) in [4.78, 5) is 15.0. The number of ether oxygens (including phenoxy) is 2. The van der Waals surface area contributed by atoms with Crippen LogP contribution in [0, 0.1) is 11.3 Å². The molecule has 5 nitrogen and oxygen atoms in total. The third-order valence-corrected chi connectivity index (χ3v) is 6.12. The molecule has 1 aromatic carbocycles. The Labute approximate surface area is 155 Å². The number of carbonyl (C=O) groups is 1. The van der Waals surface area contributed by atoms with E-state index in [9.17, 15) is 4.79 Å². The number of amides is 1. The second-order valence-corrected chi connectivity index (χ2v) is 7.35. The number of nitrogens with zero attached hydrogens (tertiary/aromatic N) is 1. The first-order valence-corrected chi connectivity index (χ1v) is 8.90. The van der Waals surface area contributed by atoms with Crippen molar-refractivity contribution in [2.24, 2.45) is 11.3 Å². The van der Waals surface area contributed by atoms with Gasteiger partial charge < -0.3 is 19.7 Å². The topological polar surface area (TPSA) is 50.8 Å². The van der Waals surface area contributed by atoms with E-state index in [1.165, 1.54) is 11.1 Å². The van der Waals surface area contributed by atoms with E-state index in [0.29, 0.717) is 17.9 Å². The summed E-state index contributed by atoms with van der Waals surface area (Å²) >= 11 is 0. The van der Waals surface area contributed by atoms with E-state index < -0.39 is 0 Å². The standard InChI is InChI=1S/C19H26N2O3.ClH/c1-23-16-9-13-3-8-21(12-14(13)10-17(16)24-2)18(22)15-11-19(15)4-6-20-7-5-19;/h9-10,15,20H,3-8,11-12H2,1-2H3;1H. The highest BCUT2D eigenvalue weighted by Crippen LogP contribution is 2.59. The van der Waals surface area contributed by atoms with Crippen LogP contribution in [-0.2, 0) is 17.8 Å². The highest BCUT2D eigenvalue weighted by molar-refractivity contribution is 5.85. The van der Waals surface area contributed by atoms with Gasteiger partial charge in [-0.1, -0.05) is 0 Å². The quantitative estimate of drug-likeness (QED) is 0.892. The van der Waals surface area contributed by atoms with Crippen molar-refractivity contribution in [2.45, 2.75) is 32.2 Å². The van der Waals surface area contributed by atoms with E-state index >= 15 is 0 Å². The van der Waals surface area contributed by atoms with Crippen LogP contribution in [0.2, 0.25) is 0 Å². The van der Waals surface area contributed by atoms with Crippen molar-refractivity contribution >= 4 is 18.3 Å². The molecule has 1 aromatic rings. The summed E-state index contributed by atoms with van der Waals surface area (Å²) in [6, 6.07) is 4.09. The minimum absolute atomic E-state index is 0. The first-order chi connectivity index (χ1) is 11.7. The van der Waals surface area contributed by atoms with Gasteiger partial charge in [0.25, 0.3) is 0 Å². The molecule has 138 valence electrons. The molecule has 1 atom stereocenters. The van der Waals surface area contributed by atoms with Gasteiger partial charge in [-0.2, -0.15) is 0 Å². The van der Waals surface area contributed by atoms with Crippen molar-refractivity contribution in [3.8, 4) is 11.5 Å². The van der Waals surface area contributed by atoms with Gasteiger partial charge in [-0.25, -0.2) is 0 Å². The summed E-state index contributed by atoms with van der Waals surface area (Å²) in [7, 11) is 3.32. The molecular weight excluding hydrogens is 340 g/mol. The second kappa shape index (κ2) is 7.04. The van der Waals surface area contributed by atoms with Crippen molar-refractivity contribution in [1.29, 1.82) is 0 Å². The predicted molar refractivity (Wildman–Crippen MR) is 98.6 cm³/mol. The maximum atomic E-state index is 13.0. The number of benzene rings is 1. The molecule has 6 heteroatoms. The maximum absolute atomic E-state index is 13.0. The third kappa shape index (κ3) is 3.20. The zero-order valence-electron chi connectivity index (χ0n) is 15.0. The fraction of sp³-hybridized carbons (Fsp3) is 0.632. The van der Waals surface area contributed by atoms with Crippen LogP contribution >= 0.6 is 12.4 Å². The van der Waals surface area contributed by atoms with E-state index in [4.69, 9.17) is 9.47 Å².